The van der Waals surface area contributed by atoms with Crippen molar-refractivity contribution in [3.8, 4) is 11.8 Å². The van der Waals surface area contributed by atoms with Gasteiger partial charge in [-0.3, -0.25) is 10.1 Å². The number of nitrogens with zero attached hydrogens (tertiary/aromatic N) is 3. The number of thiophene rings is 1. The van der Waals surface area contributed by atoms with E-state index in [2.05, 4.69) is 32.0 Å². The molecule has 0 radical (unpaired) electrons. The highest BCUT2D eigenvalue weighted by Gasteiger charge is 2.10. The Kier molecular flexibility index (Phi) is 3.77. The van der Waals surface area contributed by atoms with E-state index in [0.29, 0.717) is 10.7 Å². The highest BCUT2D eigenvalue weighted by atomic mass is 32.1. The lowest BCUT2D eigenvalue weighted by Crippen LogP contribution is -2.10. The number of carbonyl (C=O) groups is 1. The molecule has 0 aliphatic carbocycles. The zero-order valence-corrected chi connectivity index (χ0v) is 10.0. The number of aliphatic hydroxyl groups is 1. The molecule has 2 aromatic heterocycles. The van der Waals surface area contributed by atoms with Crippen molar-refractivity contribution in [2.45, 2.75) is 0 Å². The van der Waals surface area contributed by atoms with Gasteiger partial charge in [0.1, 0.15) is 6.61 Å². The summed E-state index contributed by atoms with van der Waals surface area (Å²) in [6.45, 7) is -0.199. The van der Waals surface area contributed by atoms with E-state index in [1.54, 1.807) is 11.4 Å². The molecule has 2 N–H and O–H groups in total. The van der Waals surface area contributed by atoms with Gasteiger partial charge < -0.3 is 5.11 Å². The van der Waals surface area contributed by atoms with Gasteiger partial charge >= 0.3 is 0 Å². The van der Waals surface area contributed by atoms with Crippen molar-refractivity contribution < 1.29 is 9.90 Å². The summed E-state index contributed by atoms with van der Waals surface area (Å²) in [6.07, 6.45) is 0. The van der Waals surface area contributed by atoms with Gasteiger partial charge in [-0.05, 0) is 11.3 Å². The van der Waals surface area contributed by atoms with Crippen LogP contribution in [0.3, 0.4) is 0 Å². The molecule has 0 bridgehead atoms. The lowest BCUT2D eigenvalue weighted by molar-refractivity contribution is 0.102. The number of aliphatic hydroxyl groups excluding tert-OH is 1. The number of aromatic nitrogens is 3. The number of anilines is 1. The zero-order chi connectivity index (χ0) is 12.1. The molecular weight excluding hydrogens is 260 g/mol. The molecule has 1 amide bonds. The van der Waals surface area contributed by atoms with Crippen molar-refractivity contribution in [2.24, 2.45) is 0 Å². The molecule has 0 atom stereocenters. The molecule has 8 heteroatoms. The molecule has 0 aromatic carbocycles. The topological polar surface area (TPSA) is 88.0 Å². The molecule has 2 aromatic rings. The monoisotopic (exact) mass is 266 g/mol. The van der Waals surface area contributed by atoms with Gasteiger partial charge in [0, 0.05) is 16.9 Å². The van der Waals surface area contributed by atoms with Crippen molar-refractivity contribution in [3.63, 3.8) is 0 Å². The van der Waals surface area contributed by atoms with E-state index in [9.17, 15) is 4.79 Å². The number of rotatable bonds is 2. The first kappa shape index (κ1) is 11.7. The smallest absolute Gasteiger partial charge is 0.258 e. The maximum atomic E-state index is 11.7. The first-order valence-corrected chi connectivity index (χ1v) is 6.09. The molecule has 6 nitrogen and oxygen atoms in total. The lowest BCUT2D eigenvalue weighted by atomic mass is 10.3. The molecule has 0 aliphatic heterocycles. The van der Waals surface area contributed by atoms with E-state index in [4.69, 9.17) is 5.11 Å². The molecule has 86 valence electrons. The van der Waals surface area contributed by atoms with Crippen LogP contribution >= 0.6 is 22.9 Å². The average molecular weight is 266 g/mol. The Bertz CT molecular complexity index is 567. The molecule has 17 heavy (non-hydrogen) atoms. The standard InChI is InChI=1S/C9H6N4O2S2/c14-3-1-2-7-4-6(5-16-7)8(15)10-9-11-12-13-17-9/h4-5,14H,3H2,(H,10,11,13,15). The number of hydrogen-bond acceptors (Lipinski definition) is 7. The van der Waals surface area contributed by atoms with Gasteiger partial charge in [-0.15, -0.1) is 11.3 Å². The second-order valence-corrected chi connectivity index (χ2v) is 4.42. The Hall–Kier alpha value is -1.82. The zero-order valence-electron chi connectivity index (χ0n) is 8.38. The second kappa shape index (κ2) is 5.49. The Labute approximate surface area is 104 Å². The quantitative estimate of drug-likeness (QED) is 0.777. The van der Waals surface area contributed by atoms with Crippen LogP contribution < -0.4 is 5.32 Å². The highest BCUT2D eigenvalue weighted by Crippen LogP contribution is 2.15. The van der Waals surface area contributed by atoms with Gasteiger partial charge in [-0.25, -0.2) is 0 Å². The molecular formula is C9H6N4O2S2. The van der Waals surface area contributed by atoms with Crippen molar-refractivity contribution in [2.75, 3.05) is 11.9 Å². The van der Waals surface area contributed by atoms with Gasteiger partial charge in [0.05, 0.1) is 10.4 Å². The maximum Gasteiger partial charge on any atom is 0.258 e. The lowest BCUT2D eigenvalue weighted by Gasteiger charge is -1.95. The van der Waals surface area contributed by atoms with E-state index in [1.807, 2.05) is 0 Å². The first-order chi connectivity index (χ1) is 8.29. The Morgan fingerprint density at radius 3 is 3.18 bits per heavy atom. The minimum atomic E-state index is -0.281. The summed E-state index contributed by atoms with van der Waals surface area (Å²) in [6, 6.07) is 1.65. The van der Waals surface area contributed by atoms with Crippen molar-refractivity contribution in [1.29, 1.82) is 0 Å². The summed E-state index contributed by atoms with van der Waals surface area (Å²) >= 11 is 2.34. The van der Waals surface area contributed by atoms with Crippen LogP contribution in [0, 0.1) is 11.8 Å². The summed E-state index contributed by atoms with van der Waals surface area (Å²) in [4.78, 5) is 12.4. The average Bonchev–Trinajstić information content (AvgIpc) is 2.96. The molecule has 0 unspecified atom stereocenters. The van der Waals surface area contributed by atoms with Gasteiger partial charge in [0.15, 0.2) is 0 Å². The first-order valence-electron chi connectivity index (χ1n) is 4.44. The number of hydrogen-bond donors (Lipinski definition) is 2. The van der Waals surface area contributed by atoms with Gasteiger partial charge in [-0.2, -0.15) is 0 Å². The summed E-state index contributed by atoms with van der Waals surface area (Å²) in [5.74, 6) is 4.96. The van der Waals surface area contributed by atoms with Crippen molar-refractivity contribution >= 4 is 33.9 Å². The van der Waals surface area contributed by atoms with Gasteiger partial charge in [0.25, 0.3) is 5.91 Å². The van der Waals surface area contributed by atoms with Crippen molar-refractivity contribution in [1.82, 2.24) is 14.8 Å². The number of carbonyl (C=O) groups excluding carboxylic acids is 1. The van der Waals surface area contributed by atoms with E-state index in [-0.39, 0.29) is 12.5 Å². The summed E-state index contributed by atoms with van der Waals surface area (Å²) in [7, 11) is 0. The predicted octanol–water partition coefficient (Wildman–Crippen LogP) is 0.591. The third-order valence-electron chi connectivity index (χ3n) is 1.67. The van der Waals surface area contributed by atoms with Crippen molar-refractivity contribution in [3.05, 3.63) is 21.9 Å². The fourth-order valence-electron chi connectivity index (χ4n) is 0.999. The van der Waals surface area contributed by atoms with Gasteiger partial charge in [-0.1, -0.05) is 21.4 Å². The van der Waals surface area contributed by atoms with E-state index < -0.39 is 0 Å². The van der Waals surface area contributed by atoms with Crippen LogP contribution in [0.5, 0.6) is 0 Å². The third-order valence-corrected chi connectivity index (χ3v) is 3.03. The second-order valence-electron chi connectivity index (χ2n) is 2.78. The molecule has 0 saturated carbocycles. The van der Waals surface area contributed by atoms with Crippen LogP contribution in [-0.2, 0) is 0 Å². The van der Waals surface area contributed by atoms with E-state index in [1.165, 1.54) is 11.3 Å². The van der Waals surface area contributed by atoms with E-state index in [0.717, 1.165) is 16.4 Å². The van der Waals surface area contributed by atoms with Crippen LogP contribution in [0.15, 0.2) is 11.4 Å². The van der Waals surface area contributed by atoms with Crippen LogP contribution in [0.4, 0.5) is 5.13 Å². The molecule has 2 heterocycles. The largest absolute Gasteiger partial charge is 0.384 e. The normalized spacial score (nSPS) is 9.47. The number of nitrogens with one attached hydrogen (secondary N) is 1. The maximum absolute atomic E-state index is 11.7. The van der Waals surface area contributed by atoms with Gasteiger partial charge in [0.2, 0.25) is 5.13 Å². The summed E-state index contributed by atoms with van der Waals surface area (Å²) in [5.41, 5.74) is 0.493. The molecule has 2 rings (SSSR count). The minimum Gasteiger partial charge on any atom is -0.384 e. The molecule has 0 aliphatic rings. The van der Waals surface area contributed by atoms with E-state index >= 15 is 0 Å². The molecule has 0 saturated heterocycles. The Morgan fingerprint density at radius 1 is 1.59 bits per heavy atom. The minimum absolute atomic E-state index is 0.199. The molecule has 0 fully saturated rings. The fourth-order valence-corrected chi connectivity index (χ4v) is 2.12. The number of amides is 1. The Morgan fingerprint density at radius 2 is 2.47 bits per heavy atom. The SMILES string of the molecule is O=C(Nc1nnns1)c1csc(C#CCO)c1. The molecule has 0 spiro atoms. The predicted molar refractivity (Wildman–Crippen MR) is 63.9 cm³/mol. The third kappa shape index (κ3) is 3.07. The Balaban J connectivity index is 2.07. The van der Waals surface area contributed by atoms with Crippen LogP contribution in [0.2, 0.25) is 0 Å². The fraction of sp³-hybridized carbons (Fsp3) is 0.111. The van der Waals surface area contributed by atoms with Crippen LogP contribution in [-0.4, -0.2) is 32.4 Å². The summed E-state index contributed by atoms with van der Waals surface area (Å²) in [5, 5.41) is 20.1. The summed E-state index contributed by atoms with van der Waals surface area (Å²) < 4.78 is 3.53. The highest BCUT2D eigenvalue weighted by molar-refractivity contribution is 7.11. The van der Waals surface area contributed by atoms with Crippen LogP contribution in [0.1, 0.15) is 15.2 Å². The van der Waals surface area contributed by atoms with Crippen LogP contribution in [0.25, 0.3) is 0 Å².